The summed E-state index contributed by atoms with van der Waals surface area (Å²) in [6.07, 6.45) is -0.0112. The molecule has 12 heavy (non-hydrogen) atoms. The van der Waals surface area contributed by atoms with Crippen molar-refractivity contribution in [2.24, 2.45) is 0 Å². The van der Waals surface area contributed by atoms with E-state index in [1.807, 2.05) is 27.7 Å². The minimum absolute atomic E-state index is 0. The summed E-state index contributed by atoms with van der Waals surface area (Å²) < 4.78 is 10.2. The molecule has 0 aliphatic carbocycles. The first-order valence-electron chi connectivity index (χ1n) is 3.82. The van der Waals surface area contributed by atoms with E-state index in [4.69, 9.17) is 9.47 Å². The summed E-state index contributed by atoms with van der Waals surface area (Å²) in [5.41, 5.74) is 0. The fraction of sp³-hybridized carbons (Fsp3) is 0.875. The number of carbonyl (C=O) groups excluding carboxylic acids is 1. The molecule has 0 atom stereocenters. The molecule has 3 nitrogen and oxygen atoms in total. The second-order valence-electron chi connectivity index (χ2n) is 2.87. The second-order valence-corrected chi connectivity index (χ2v) is 2.87. The minimum Gasteiger partial charge on any atom is -0.343 e. The Labute approximate surface area is 84.6 Å². The fourth-order valence-corrected chi connectivity index (χ4v) is 0.633. The highest BCUT2D eigenvalue weighted by atomic mass is 27.0. The highest BCUT2D eigenvalue weighted by Crippen LogP contribution is 2.00. The van der Waals surface area contributed by atoms with Crippen LogP contribution >= 0.6 is 0 Å². The van der Waals surface area contributed by atoms with Crippen LogP contribution in [0.1, 0.15) is 27.7 Å². The monoisotopic (exact) mass is 190 g/mol. The van der Waals surface area contributed by atoms with Crippen molar-refractivity contribution >= 4 is 23.6 Å². The zero-order chi connectivity index (χ0) is 8.85. The molecule has 0 bridgehead atoms. The summed E-state index contributed by atoms with van der Waals surface area (Å²) in [5, 5.41) is 0. The first-order valence-corrected chi connectivity index (χ1v) is 3.82. The first kappa shape index (κ1) is 14.6. The Morgan fingerprint density at radius 2 is 1.33 bits per heavy atom. The Morgan fingerprint density at radius 3 is 1.50 bits per heavy atom. The van der Waals surface area contributed by atoms with Gasteiger partial charge < -0.3 is 9.47 Å². The standard InChI is InChI=1S/C8H16O3.Al.3H/c1-6(2)10-8(5-9)11-7(3)4;;;;/h5-8H,1-4H3;;;;. The maximum absolute atomic E-state index is 10.3. The summed E-state index contributed by atoms with van der Waals surface area (Å²) in [6, 6.07) is 0. The van der Waals surface area contributed by atoms with Gasteiger partial charge in [-0.2, -0.15) is 0 Å². The van der Waals surface area contributed by atoms with Gasteiger partial charge in [0.25, 0.3) is 0 Å². The molecule has 0 aliphatic heterocycles. The average molecular weight is 190 g/mol. The Morgan fingerprint density at radius 1 is 1.00 bits per heavy atom. The van der Waals surface area contributed by atoms with Crippen molar-refractivity contribution < 1.29 is 14.3 Å². The predicted octanol–water partition coefficient (Wildman–Crippen LogP) is 0.177. The van der Waals surface area contributed by atoms with Crippen molar-refractivity contribution in [3.05, 3.63) is 0 Å². The third-order valence-electron chi connectivity index (χ3n) is 0.924. The van der Waals surface area contributed by atoms with Crippen LogP contribution in [0.3, 0.4) is 0 Å². The molecule has 0 aromatic heterocycles. The Kier molecular flexibility index (Phi) is 9.46. The van der Waals surface area contributed by atoms with Crippen LogP contribution < -0.4 is 0 Å². The Hall–Kier alpha value is 0.122. The van der Waals surface area contributed by atoms with Crippen molar-refractivity contribution in [3.63, 3.8) is 0 Å². The van der Waals surface area contributed by atoms with Crippen LogP contribution in [0.25, 0.3) is 0 Å². The van der Waals surface area contributed by atoms with E-state index in [0.717, 1.165) is 0 Å². The van der Waals surface area contributed by atoms with Gasteiger partial charge in [-0.05, 0) is 27.7 Å². The molecule has 0 unspecified atom stereocenters. The molecule has 0 fully saturated rings. The number of aldehydes is 1. The molecule has 0 aromatic rings. The van der Waals surface area contributed by atoms with Crippen LogP contribution in [0.2, 0.25) is 0 Å². The molecule has 4 heteroatoms. The summed E-state index contributed by atoms with van der Waals surface area (Å²) in [5.74, 6) is 0. The van der Waals surface area contributed by atoms with Gasteiger partial charge in [0.05, 0.1) is 12.2 Å². The lowest BCUT2D eigenvalue weighted by molar-refractivity contribution is -0.179. The normalized spacial score (nSPS) is 10.6. The molecule has 0 radical (unpaired) electrons. The number of hydrogen-bond acceptors (Lipinski definition) is 3. The lowest BCUT2D eigenvalue weighted by Gasteiger charge is -2.17. The van der Waals surface area contributed by atoms with Gasteiger partial charge in [0.15, 0.2) is 23.6 Å². The van der Waals surface area contributed by atoms with Crippen molar-refractivity contribution in [1.82, 2.24) is 0 Å². The van der Waals surface area contributed by atoms with E-state index in [1.54, 1.807) is 0 Å². The van der Waals surface area contributed by atoms with Crippen molar-refractivity contribution in [3.8, 4) is 0 Å². The van der Waals surface area contributed by atoms with Gasteiger partial charge in [-0.1, -0.05) is 0 Å². The molecule has 0 saturated carbocycles. The van der Waals surface area contributed by atoms with Crippen LogP contribution in [-0.4, -0.2) is 42.1 Å². The van der Waals surface area contributed by atoms with Gasteiger partial charge >= 0.3 is 0 Å². The van der Waals surface area contributed by atoms with Crippen molar-refractivity contribution in [2.75, 3.05) is 0 Å². The lowest BCUT2D eigenvalue weighted by atomic mass is 10.4. The van der Waals surface area contributed by atoms with E-state index in [1.165, 1.54) is 0 Å². The van der Waals surface area contributed by atoms with Crippen LogP contribution in [-0.2, 0) is 14.3 Å². The highest BCUT2D eigenvalue weighted by Gasteiger charge is 2.10. The largest absolute Gasteiger partial charge is 0.343 e. The molecular formula is C8H19AlO3. The molecule has 0 saturated heterocycles. The number of rotatable bonds is 5. The molecule has 0 aliphatic rings. The van der Waals surface area contributed by atoms with Crippen LogP contribution in [0.15, 0.2) is 0 Å². The van der Waals surface area contributed by atoms with Gasteiger partial charge in [-0.25, -0.2) is 0 Å². The highest BCUT2D eigenvalue weighted by molar-refractivity contribution is 5.75. The molecule has 0 amide bonds. The SMILES string of the molecule is CC(C)OC(C=O)OC(C)C.[AlH3]. The second kappa shape index (κ2) is 7.76. The molecule has 0 rings (SSSR count). The quantitative estimate of drug-likeness (QED) is 0.352. The van der Waals surface area contributed by atoms with Crippen LogP contribution in [0, 0.1) is 0 Å². The van der Waals surface area contributed by atoms with E-state index < -0.39 is 6.29 Å². The molecule has 72 valence electrons. The molecule has 0 spiro atoms. The van der Waals surface area contributed by atoms with Crippen LogP contribution in [0.5, 0.6) is 0 Å². The van der Waals surface area contributed by atoms with E-state index in [9.17, 15) is 4.79 Å². The maximum Gasteiger partial charge on any atom is 0.215 e. The van der Waals surface area contributed by atoms with Crippen molar-refractivity contribution in [2.45, 2.75) is 46.2 Å². The smallest absolute Gasteiger partial charge is 0.215 e. The molecule has 0 N–H and O–H groups in total. The van der Waals surface area contributed by atoms with Gasteiger partial charge in [0.2, 0.25) is 6.29 Å². The van der Waals surface area contributed by atoms with E-state index in [2.05, 4.69) is 0 Å². The third kappa shape index (κ3) is 8.22. The minimum atomic E-state index is -0.713. The van der Waals surface area contributed by atoms with Gasteiger partial charge in [0, 0.05) is 0 Å². The van der Waals surface area contributed by atoms with Crippen LogP contribution in [0.4, 0.5) is 0 Å². The fourth-order valence-electron chi connectivity index (χ4n) is 0.633. The Bertz CT molecular complexity index is 105. The van der Waals surface area contributed by atoms with Crippen molar-refractivity contribution in [1.29, 1.82) is 0 Å². The summed E-state index contributed by atoms with van der Waals surface area (Å²) >= 11 is 0. The summed E-state index contributed by atoms with van der Waals surface area (Å²) in [4.78, 5) is 10.3. The molecule has 0 aromatic carbocycles. The number of ether oxygens (including phenoxy) is 2. The van der Waals surface area contributed by atoms with E-state index >= 15 is 0 Å². The van der Waals surface area contributed by atoms with Gasteiger partial charge in [0.1, 0.15) is 0 Å². The third-order valence-corrected chi connectivity index (χ3v) is 0.924. The van der Waals surface area contributed by atoms with Gasteiger partial charge in [-0.3, -0.25) is 4.79 Å². The zero-order valence-corrected chi connectivity index (χ0v) is 7.53. The first-order chi connectivity index (χ1) is 5.06. The zero-order valence-electron chi connectivity index (χ0n) is 7.53. The number of hydrogen-bond donors (Lipinski definition) is 0. The lowest BCUT2D eigenvalue weighted by Crippen LogP contribution is -2.25. The topological polar surface area (TPSA) is 35.5 Å². The summed E-state index contributed by atoms with van der Waals surface area (Å²) in [6.45, 7) is 7.45. The molecule has 0 heterocycles. The Balaban J connectivity index is 0. The number of carbonyl (C=O) groups is 1. The van der Waals surface area contributed by atoms with E-state index in [0.29, 0.717) is 6.29 Å². The van der Waals surface area contributed by atoms with E-state index in [-0.39, 0.29) is 29.6 Å². The maximum atomic E-state index is 10.3. The van der Waals surface area contributed by atoms with Gasteiger partial charge in [-0.15, -0.1) is 0 Å². The molecular weight excluding hydrogens is 171 g/mol. The summed E-state index contributed by atoms with van der Waals surface area (Å²) in [7, 11) is 0. The average Bonchev–Trinajstić information content (AvgIpc) is 1.84. The predicted molar refractivity (Wildman–Crippen MR) is 52.2 cm³/mol.